The van der Waals surface area contributed by atoms with Gasteiger partial charge in [0.15, 0.2) is 0 Å². The lowest BCUT2D eigenvalue weighted by Crippen LogP contribution is -2.15. The third-order valence-electron chi connectivity index (χ3n) is 0.819. The molecule has 0 saturated heterocycles. The summed E-state index contributed by atoms with van der Waals surface area (Å²) in [6.45, 7) is 8.06. The van der Waals surface area contributed by atoms with E-state index in [1.165, 1.54) is 0 Å². The third kappa shape index (κ3) is 7.47. The normalized spacial score (nSPS) is 12.4. The molecule has 0 N–H and O–H groups in total. The standard InChI is InChI=1S/C8H17NO/c1-5-6-7-9-10-8(2,3)4/h7H,5-6H2,1-4H3. The highest BCUT2D eigenvalue weighted by Gasteiger charge is 2.08. The maximum atomic E-state index is 5.10. The van der Waals surface area contributed by atoms with Crippen molar-refractivity contribution in [1.29, 1.82) is 0 Å². The van der Waals surface area contributed by atoms with Crippen molar-refractivity contribution in [1.82, 2.24) is 0 Å². The van der Waals surface area contributed by atoms with E-state index in [1.807, 2.05) is 27.0 Å². The van der Waals surface area contributed by atoms with Gasteiger partial charge in [0, 0.05) is 6.21 Å². The van der Waals surface area contributed by atoms with Gasteiger partial charge in [0.05, 0.1) is 0 Å². The molecule has 0 aliphatic carbocycles. The molecule has 0 amide bonds. The Kier molecular flexibility index (Phi) is 4.08. The van der Waals surface area contributed by atoms with Crippen LogP contribution >= 0.6 is 0 Å². The summed E-state index contributed by atoms with van der Waals surface area (Å²) < 4.78 is 0. The van der Waals surface area contributed by atoms with Crippen molar-refractivity contribution in [2.24, 2.45) is 5.16 Å². The second-order valence-electron chi connectivity index (χ2n) is 3.28. The summed E-state index contributed by atoms with van der Waals surface area (Å²) in [5, 5.41) is 3.81. The first-order chi connectivity index (χ1) is 4.56. The first-order valence-corrected chi connectivity index (χ1v) is 3.76. The lowest BCUT2D eigenvalue weighted by molar-refractivity contribution is 0.00158. The zero-order chi connectivity index (χ0) is 8.04. The van der Waals surface area contributed by atoms with E-state index in [4.69, 9.17) is 4.84 Å². The molecule has 0 aromatic heterocycles. The summed E-state index contributed by atoms with van der Waals surface area (Å²) in [4.78, 5) is 5.10. The van der Waals surface area contributed by atoms with Gasteiger partial charge in [-0.3, -0.25) is 0 Å². The summed E-state index contributed by atoms with van der Waals surface area (Å²) in [6.07, 6.45) is 3.93. The van der Waals surface area contributed by atoms with Crippen LogP contribution in [0.25, 0.3) is 0 Å². The SMILES string of the molecule is CCCC=NOC(C)(C)C. The van der Waals surface area contributed by atoms with E-state index in [1.54, 1.807) is 0 Å². The molecular weight excluding hydrogens is 126 g/mol. The molecule has 0 heterocycles. The smallest absolute Gasteiger partial charge is 0.129 e. The monoisotopic (exact) mass is 143 g/mol. The van der Waals surface area contributed by atoms with Crippen molar-refractivity contribution in [3.63, 3.8) is 0 Å². The maximum absolute atomic E-state index is 5.10. The molecule has 0 radical (unpaired) electrons. The summed E-state index contributed by atoms with van der Waals surface area (Å²) in [5.41, 5.74) is -0.149. The van der Waals surface area contributed by atoms with Gasteiger partial charge >= 0.3 is 0 Å². The molecule has 0 fully saturated rings. The molecule has 0 bridgehead atoms. The van der Waals surface area contributed by atoms with E-state index >= 15 is 0 Å². The summed E-state index contributed by atoms with van der Waals surface area (Å²) in [7, 11) is 0. The zero-order valence-corrected chi connectivity index (χ0v) is 7.35. The Balaban J connectivity index is 3.34. The molecule has 2 nitrogen and oxygen atoms in total. The quantitative estimate of drug-likeness (QED) is 0.439. The van der Waals surface area contributed by atoms with Crippen molar-refractivity contribution in [2.75, 3.05) is 0 Å². The molecule has 0 aliphatic rings. The highest BCUT2D eigenvalue weighted by atomic mass is 16.6. The van der Waals surface area contributed by atoms with Gasteiger partial charge in [0.2, 0.25) is 0 Å². The highest BCUT2D eigenvalue weighted by Crippen LogP contribution is 2.05. The van der Waals surface area contributed by atoms with Crippen LogP contribution in [0.5, 0.6) is 0 Å². The predicted octanol–water partition coefficient (Wildman–Crippen LogP) is 2.59. The average molecular weight is 143 g/mol. The van der Waals surface area contributed by atoms with Crippen molar-refractivity contribution in [2.45, 2.75) is 46.1 Å². The molecule has 10 heavy (non-hydrogen) atoms. The van der Waals surface area contributed by atoms with Crippen molar-refractivity contribution in [3.8, 4) is 0 Å². The Bertz CT molecular complexity index is 102. The van der Waals surface area contributed by atoms with Gasteiger partial charge in [-0.2, -0.15) is 0 Å². The van der Waals surface area contributed by atoms with Crippen LogP contribution in [0.1, 0.15) is 40.5 Å². The van der Waals surface area contributed by atoms with Crippen LogP contribution in [0.2, 0.25) is 0 Å². The molecule has 0 saturated carbocycles. The van der Waals surface area contributed by atoms with Gasteiger partial charge in [-0.15, -0.1) is 0 Å². The Morgan fingerprint density at radius 2 is 2.00 bits per heavy atom. The molecule has 0 aliphatic heterocycles. The van der Waals surface area contributed by atoms with E-state index in [0.717, 1.165) is 12.8 Å². The van der Waals surface area contributed by atoms with E-state index in [0.29, 0.717) is 0 Å². The molecular formula is C8H17NO. The average Bonchev–Trinajstić information content (AvgIpc) is 1.78. The van der Waals surface area contributed by atoms with E-state index < -0.39 is 0 Å². The topological polar surface area (TPSA) is 21.6 Å². The third-order valence-corrected chi connectivity index (χ3v) is 0.819. The van der Waals surface area contributed by atoms with Crippen molar-refractivity contribution < 1.29 is 4.84 Å². The minimum Gasteiger partial charge on any atom is -0.390 e. The van der Waals surface area contributed by atoms with Gasteiger partial charge in [-0.05, 0) is 27.2 Å². The summed E-state index contributed by atoms with van der Waals surface area (Å²) in [6, 6.07) is 0. The first-order valence-electron chi connectivity index (χ1n) is 3.76. The Morgan fingerprint density at radius 3 is 2.40 bits per heavy atom. The minimum absolute atomic E-state index is 0.149. The molecule has 2 heteroatoms. The number of unbranched alkanes of at least 4 members (excludes halogenated alkanes) is 1. The van der Waals surface area contributed by atoms with Gasteiger partial charge in [-0.25, -0.2) is 0 Å². The van der Waals surface area contributed by atoms with Gasteiger partial charge in [-0.1, -0.05) is 18.5 Å². The number of hydrogen-bond acceptors (Lipinski definition) is 2. The second-order valence-corrected chi connectivity index (χ2v) is 3.28. The van der Waals surface area contributed by atoms with Crippen molar-refractivity contribution >= 4 is 6.21 Å². The number of hydrogen-bond donors (Lipinski definition) is 0. The van der Waals surface area contributed by atoms with E-state index in [2.05, 4.69) is 12.1 Å². The molecule has 0 aromatic carbocycles. The largest absolute Gasteiger partial charge is 0.390 e. The maximum Gasteiger partial charge on any atom is 0.129 e. The highest BCUT2D eigenvalue weighted by molar-refractivity contribution is 5.55. The van der Waals surface area contributed by atoms with Crippen LogP contribution < -0.4 is 0 Å². The molecule has 0 atom stereocenters. The second kappa shape index (κ2) is 4.31. The number of nitrogens with zero attached hydrogens (tertiary/aromatic N) is 1. The lowest BCUT2D eigenvalue weighted by Gasteiger charge is -2.14. The fourth-order valence-electron chi connectivity index (χ4n) is 0.377. The number of rotatable bonds is 3. The zero-order valence-electron chi connectivity index (χ0n) is 7.35. The van der Waals surface area contributed by atoms with Gasteiger partial charge in [0.1, 0.15) is 5.60 Å². The summed E-state index contributed by atoms with van der Waals surface area (Å²) in [5.74, 6) is 0. The fourth-order valence-corrected chi connectivity index (χ4v) is 0.377. The lowest BCUT2D eigenvalue weighted by atomic mass is 10.2. The van der Waals surface area contributed by atoms with Crippen LogP contribution in [0.4, 0.5) is 0 Å². The van der Waals surface area contributed by atoms with Gasteiger partial charge < -0.3 is 4.84 Å². The van der Waals surface area contributed by atoms with E-state index in [-0.39, 0.29) is 5.60 Å². The Hall–Kier alpha value is -0.530. The first kappa shape index (κ1) is 9.47. The minimum atomic E-state index is -0.149. The van der Waals surface area contributed by atoms with Crippen LogP contribution in [0, 0.1) is 0 Å². The Labute approximate surface area is 63.3 Å². The molecule has 0 spiro atoms. The number of oxime groups is 1. The summed E-state index contributed by atoms with van der Waals surface area (Å²) >= 11 is 0. The van der Waals surface area contributed by atoms with Crippen LogP contribution in [-0.2, 0) is 4.84 Å². The van der Waals surface area contributed by atoms with Crippen LogP contribution in [-0.4, -0.2) is 11.8 Å². The fraction of sp³-hybridized carbons (Fsp3) is 0.875. The van der Waals surface area contributed by atoms with Crippen LogP contribution in [0.3, 0.4) is 0 Å². The predicted molar refractivity (Wildman–Crippen MR) is 44.2 cm³/mol. The Morgan fingerprint density at radius 1 is 1.40 bits per heavy atom. The van der Waals surface area contributed by atoms with Crippen molar-refractivity contribution in [3.05, 3.63) is 0 Å². The van der Waals surface area contributed by atoms with Crippen LogP contribution in [0.15, 0.2) is 5.16 Å². The molecule has 0 unspecified atom stereocenters. The van der Waals surface area contributed by atoms with E-state index in [9.17, 15) is 0 Å². The molecule has 0 rings (SSSR count). The molecule has 60 valence electrons. The van der Waals surface area contributed by atoms with Gasteiger partial charge in [0.25, 0.3) is 0 Å². The molecule has 0 aromatic rings.